The van der Waals surface area contributed by atoms with Crippen molar-refractivity contribution in [3.63, 3.8) is 0 Å². The lowest BCUT2D eigenvalue weighted by molar-refractivity contribution is 0.656. The largest absolute Gasteiger partial charge is 0.389 e. The van der Waals surface area contributed by atoms with Gasteiger partial charge in [-0.25, -0.2) is 0 Å². The van der Waals surface area contributed by atoms with Crippen molar-refractivity contribution in [3.8, 4) is 0 Å². The Morgan fingerprint density at radius 3 is 2.81 bits per heavy atom. The van der Waals surface area contributed by atoms with Crippen molar-refractivity contribution in [2.24, 2.45) is 0 Å². The fraction of sp³-hybridized carbons (Fsp3) is 0.143. The van der Waals surface area contributed by atoms with Gasteiger partial charge in [0.15, 0.2) is 0 Å². The first-order valence-corrected chi connectivity index (χ1v) is 5.53. The maximum absolute atomic E-state index is 3.27. The van der Waals surface area contributed by atoms with Gasteiger partial charge in [0.25, 0.3) is 0 Å². The minimum atomic E-state index is 0.981. The first kappa shape index (κ1) is 9.28. The lowest BCUT2D eigenvalue weighted by Crippen LogP contribution is -2.34. The molecule has 1 aromatic carbocycles. The molecule has 0 saturated heterocycles. The SMILES string of the molecule is CNC1=C2C=c3ccccc3=CN2C=CC1. The zero-order valence-corrected chi connectivity index (χ0v) is 9.27. The molecule has 0 saturated carbocycles. The second-order valence-electron chi connectivity index (χ2n) is 4.01. The van der Waals surface area contributed by atoms with Crippen LogP contribution in [0.3, 0.4) is 0 Å². The number of rotatable bonds is 1. The van der Waals surface area contributed by atoms with E-state index in [0.29, 0.717) is 0 Å². The average molecular weight is 210 g/mol. The van der Waals surface area contributed by atoms with E-state index >= 15 is 0 Å². The van der Waals surface area contributed by atoms with E-state index in [9.17, 15) is 0 Å². The van der Waals surface area contributed by atoms with E-state index < -0.39 is 0 Å². The normalized spacial score (nSPS) is 17.2. The Morgan fingerprint density at radius 1 is 1.19 bits per heavy atom. The molecule has 80 valence electrons. The lowest BCUT2D eigenvalue weighted by Gasteiger charge is -2.26. The van der Waals surface area contributed by atoms with Crippen molar-refractivity contribution in [2.75, 3.05) is 7.05 Å². The molecule has 1 N–H and O–H groups in total. The van der Waals surface area contributed by atoms with Crippen LogP contribution in [0.1, 0.15) is 6.42 Å². The minimum Gasteiger partial charge on any atom is -0.389 e. The Bertz CT molecular complexity index is 593. The van der Waals surface area contributed by atoms with Crippen molar-refractivity contribution in [1.29, 1.82) is 0 Å². The summed E-state index contributed by atoms with van der Waals surface area (Å²) in [6, 6.07) is 8.45. The molecule has 3 rings (SSSR count). The van der Waals surface area contributed by atoms with Gasteiger partial charge in [0.1, 0.15) is 0 Å². The number of allylic oxidation sites excluding steroid dienone is 2. The molecular weight excluding hydrogens is 196 g/mol. The van der Waals surface area contributed by atoms with Crippen LogP contribution >= 0.6 is 0 Å². The van der Waals surface area contributed by atoms with Crippen LogP contribution < -0.4 is 15.8 Å². The third-order valence-electron chi connectivity index (χ3n) is 3.04. The van der Waals surface area contributed by atoms with Gasteiger partial charge in [0, 0.05) is 31.6 Å². The van der Waals surface area contributed by atoms with Gasteiger partial charge in [-0.3, -0.25) is 0 Å². The highest BCUT2D eigenvalue weighted by Gasteiger charge is 2.13. The summed E-state index contributed by atoms with van der Waals surface area (Å²) >= 11 is 0. The quantitative estimate of drug-likeness (QED) is 0.740. The molecule has 0 bridgehead atoms. The Morgan fingerprint density at radius 2 is 2.00 bits per heavy atom. The number of nitrogens with one attached hydrogen (secondary N) is 1. The van der Waals surface area contributed by atoms with Crippen molar-refractivity contribution in [2.45, 2.75) is 6.42 Å². The Balaban J connectivity index is 2.27. The molecule has 2 heterocycles. The van der Waals surface area contributed by atoms with Crippen LogP contribution in [0.4, 0.5) is 0 Å². The van der Waals surface area contributed by atoms with Gasteiger partial charge >= 0.3 is 0 Å². The van der Waals surface area contributed by atoms with Crippen molar-refractivity contribution < 1.29 is 0 Å². The first-order chi connectivity index (χ1) is 7.88. The molecule has 0 fully saturated rings. The summed E-state index contributed by atoms with van der Waals surface area (Å²) in [5, 5.41) is 5.83. The van der Waals surface area contributed by atoms with Crippen LogP contribution in [0.5, 0.6) is 0 Å². The van der Waals surface area contributed by atoms with E-state index in [-0.39, 0.29) is 0 Å². The molecule has 0 atom stereocenters. The maximum Gasteiger partial charge on any atom is 0.0649 e. The van der Waals surface area contributed by atoms with E-state index in [1.165, 1.54) is 21.8 Å². The molecule has 2 heteroatoms. The summed E-state index contributed by atoms with van der Waals surface area (Å²) in [5.41, 5.74) is 2.52. The Hall–Kier alpha value is -1.96. The number of hydrogen-bond acceptors (Lipinski definition) is 2. The van der Waals surface area contributed by atoms with Crippen LogP contribution in [0, 0.1) is 0 Å². The topological polar surface area (TPSA) is 15.3 Å². The van der Waals surface area contributed by atoms with Crippen LogP contribution in [0.2, 0.25) is 0 Å². The smallest absolute Gasteiger partial charge is 0.0649 e. The lowest BCUT2D eigenvalue weighted by atomic mass is 10.1. The summed E-state index contributed by atoms with van der Waals surface area (Å²) in [7, 11) is 1.98. The molecule has 0 unspecified atom stereocenters. The van der Waals surface area contributed by atoms with Gasteiger partial charge < -0.3 is 10.2 Å². The zero-order valence-electron chi connectivity index (χ0n) is 9.27. The maximum atomic E-state index is 3.27. The highest BCUT2D eigenvalue weighted by Crippen LogP contribution is 2.20. The summed E-state index contributed by atoms with van der Waals surface area (Å²) in [4.78, 5) is 2.18. The Kier molecular flexibility index (Phi) is 2.07. The predicted octanol–water partition coefficient (Wildman–Crippen LogP) is 0.869. The van der Waals surface area contributed by atoms with Crippen LogP contribution in [0.15, 0.2) is 47.9 Å². The Labute approximate surface area is 94.9 Å². The van der Waals surface area contributed by atoms with Gasteiger partial charge in [-0.05, 0) is 16.5 Å². The third-order valence-corrected chi connectivity index (χ3v) is 3.04. The molecule has 0 aromatic heterocycles. The van der Waals surface area contributed by atoms with E-state index in [4.69, 9.17) is 0 Å². The molecule has 0 amide bonds. The van der Waals surface area contributed by atoms with Crippen LogP contribution in [-0.4, -0.2) is 11.9 Å². The van der Waals surface area contributed by atoms with E-state index in [0.717, 1.165) is 6.42 Å². The molecule has 1 aromatic rings. The van der Waals surface area contributed by atoms with Gasteiger partial charge in [-0.1, -0.05) is 30.3 Å². The molecule has 2 nitrogen and oxygen atoms in total. The van der Waals surface area contributed by atoms with Crippen LogP contribution in [0.25, 0.3) is 12.3 Å². The fourth-order valence-electron chi connectivity index (χ4n) is 2.19. The second kappa shape index (κ2) is 3.56. The first-order valence-electron chi connectivity index (χ1n) is 5.53. The molecule has 0 aliphatic carbocycles. The summed E-state index contributed by atoms with van der Waals surface area (Å²) in [6.07, 6.45) is 9.70. The van der Waals surface area contributed by atoms with Gasteiger partial charge in [0.05, 0.1) is 5.70 Å². The zero-order chi connectivity index (χ0) is 11.0. The van der Waals surface area contributed by atoms with E-state index in [1.807, 2.05) is 7.05 Å². The van der Waals surface area contributed by atoms with E-state index in [1.54, 1.807) is 0 Å². The second-order valence-corrected chi connectivity index (χ2v) is 4.01. The monoisotopic (exact) mass is 210 g/mol. The molecular formula is C14H14N2. The summed E-state index contributed by atoms with van der Waals surface area (Å²) in [5.74, 6) is 0. The minimum absolute atomic E-state index is 0.981. The number of hydrogen-bond donors (Lipinski definition) is 1. The molecule has 0 spiro atoms. The number of fused-ring (bicyclic) bond motifs is 2. The van der Waals surface area contributed by atoms with Gasteiger partial charge in [-0.2, -0.15) is 0 Å². The van der Waals surface area contributed by atoms with Gasteiger partial charge in [0.2, 0.25) is 0 Å². The van der Waals surface area contributed by atoms with Gasteiger partial charge in [-0.15, -0.1) is 0 Å². The molecule has 0 radical (unpaired) electrons. The molecule has 2 aliphatic heterocycles. The van der Waals surface area contributed by atoms with Crippen LogP contribution in [-0.2, 0) is 0 Å². The van der Waals surface area contributed by atoms with E-state index in [2.05, 4.69) is 59.0 Å². The van der Waals surface area contributed by atoms with Crippen molar-refractivity contribution in [1.82, 2.24) is 10.2 Å². The number of benzene rings is 1. The molecule has 16 heavy (non-hydrogen) atoms. The highest BCUT2D eigenvalue weighted by atomic mass is 15.1. The standard InChI is InChI=1S/C14H14N2/c1-15-13-7-4-8-16-10-12-6-3-2-5-11(12)9-14(13)16/h2-6,8-10,15H,7H2,1H3. The highest BCUT2D eigenvalue weighted by molar-refractivity contribution is 5.58. The fourth-order valence-corrected chi connectivity index (χ4v) is 2.19. The van der Waals surface area contributed by atoms with Crippen molar-refractivity contribution >= 4 is 12.3 Å². The third kappa shape index (κ3) is 1.34. The molecule has 2 aliphatic rings. The average Bonchev–Trinajstić information content (AvgIpc) is 2.35. The number of nitrogens with zero attached hydrogens (tertiary/aromatic N) is 1. The summed E-state index contributed by atoms with van der Waals surface area (Å²) in [6.45, 7) is 0. The predicted molar refractivity (Wildman–Crippen MR) is 66.3 cm³/mol. The van der Waals surface area contributed by atoms with Crippen molar-refractivity contribution in [3.05, 3.63) is 58.4 Å². The summed E-state index contributed by atoms with van der Waals surface area (Å²) < 4.78 is 0.